The van der Waals surface area contributed by atoms with Gasteiger partial charge in [0.25, 0.3) is 5.91 Å². The summed E-state index contributed by atoms with van der Waals surface area (Å²) in [6.45, 7) is 7.62. The van der Waals surface area contributed by atoms with Crippen LogP contribution < -0.4 is 10.2 Å². The fourth-order valence-corrected chi connectivity index (χ4v) is 3.96. The predicted molar refractivity (Wildman–Crippen MR) is 130 cm³/mol. The second-order valence-electron chi connectivity index (χ2n) is 9.14. The molecule has 7 nitrogen and oxygen atoms in total. The van der Waals surface area contributed by atoms with E-state index < -0.39 is 5.60 Å². The van der Waals surface area contributed by atoms with E-state index in [4.69, 9.17) is 4.74 Å². The van der Waals surface area contributed by atoms with Crippen LogP contribution >= 0.6 is 0 Å². The summed E-state index contributed by atoms with van der Waals surface area (Å²) in [6.07, 6.45) is -0.331. The highest BCUT2D eigenvalue weighted by molar-refractivity contribution is 6.13. The Labute approximate surface area is 193 Å². The molecule has 0 aromatic heterocycles. The van der Waals surface area contributed by atoms with Gasteiger partial charge in [0.05, 0.1) is 11.4 Å². The zero-order valence-corrected chi connectivity index (χ0v) is 19.2. The van der Waals surface area contributed by atoms with E-state index in [2.05, 4.69) is 10.2 Å². The normalized spacial score (nSPS) is 14.3. The summed E-state index contributed by atoms with van der Waals surface area (Å²) in [4.78, 5) is 29.3. The number of rotatable bonds is 3. The van der Waals surface area contributed by atoms with Gasteiger partial charge in [-0.15, -0.1) is 0 Å². The maximum absolute atomic E-state index is 13.2. The number of ether oxygens (including phenoxy) is 1. The van der Waals surface area contributed by atoms with Gasteiger partial charge in [0, 0.05) is 37.8 Å². The van der Waals surface area contributed by atoms with Crippen molar-refractivity contribution >= 4 is 34.1 Å². The van der Waals surface area contributed by atoms with Crippen LogP contribution in [0.5, 0.6) is 5.75 Å². The third-order valence-electron chi connectivity index (χ3n) is 5.54. The fraction of sp³-hybridized carbons (Fsp3) is 0.308. The van der Waals surface area contributed by atoms with Crippen LogP contribution in [-0.4, -0.2) is 53.8 Å². The van der Waals surface area contributed by atoms with Crippen molar-refractivity contribution in [2.45, 2.75) is 26.4 Å². The number of aromatic hydroxyl groups is 1. The lowest BCUT2D eigenvalue weighted by molar-refractivity contribution is 0.0240. The molecule has 3 aromatic carbocycles. The zero-order chi connectivity index (χ0) is 23.6. The molecule has 0 spiro atoms. The predicted octanol–water partition coefficient (Wildman–Crippen LogP) is 4.85. The van der Waals surface area contributed by atoms with Gasteiger partial charge in [0.15, 0.2) is 0 Å². The van der Waals surface area contributed by atoms with Gasteiger partial charge in [-0.3, -0.25) is 4.79 Å². The number of anilines is 2. The van der Waals surface area contributed by atoms with Crippen LogP contribution in [0.3, 0.4) is 0 Å². The lowest BCUT2D eigenvalue weighted by Gasteiger charge is -2.37. The molecular formula is C26H29N3O4. The maximum atomic E-state index is 13.2. The van der Waals surface area contributed by atoms with Crippen molar-refractivity contribution in [1.29, 1.82) is 0 Å². The molecule has 1 saturated heterocycles. The van der Waals surface area contributed by atoms with Crippen LogP contribution in [0.2, 0.25) is 0 Å². The molecule has 7 heteroatoms. The molecule has 1 aliphatic heterocycles. The number of phenolic OH excluding ortho intramolecular Hbond substituents is 1. The number of fused-ring (bicyclic) bond motifs is 1. The molecular weight excluding hydrogens is 418 g/mol. The highest BCUT2D eigenvalue weighted by atomic mass is 16.6. The summed E-state index contributed by atoms with van der Waals surface area (Å²) in [5, 5.41) is 15.0. The Kier molecular flexibility index (Phi) is 6.14. The van der Waals surface area contributed by atoms with Crippen LogP contribution in [0.4, 0.5) is 16.2 Å². The Bertz CT molecular complexity index is 1170. The van der Waals surface area contributed by atoms with Crippen molar-refractivity contribution in [3.8, 4) is 5.75 Å². The van der Waals surface area contributed by atoms with Crippen molar-refractivity contribution in [2.24, 2.45) is 0 Å². The smallest absolute Gasteiger partial charge is 0.410 e. The standard InChI is InChI=1S/C26H29N3O4/c1-26(2,3)33-25(32)29-15-13-28(14-16-29)23-17-19(30)11-12-22(23)27-24(31)21-10-6-8-18-7-4-5-9-20(18)21/h4-12,17,30H,13-16H2,1-3H3,(H,27,31). The number of hydrogen-bond donors (Lipinski definition) is 2. The molecule has 1 fully saturated rings. The number of piperazine rings is 1. The maximum Gasteiger partial charge on any atom is 0.410 e. The van der Waals surface area contributed by atoms with Gasteiger partial charge in [-0.05, 0) is 49.7 Å². The molecule has 2 N–H and O–H groups in total. The largest absolute Gasteiger partial charge is 0.508 e. The topological polar surface area (TPSA) is 82.1 Å². The summed E-state index contributed by atoms with van der Waals surface area (Å²) >= 11 is 0. The van der Waals surface area contributed by atoms with Gasteiger partial charge >= 0.3 is 6.09 Å². The second-order valence-corrected chi connectivity index (χ2v) is 9.14. The second kappa shape index (κ2) is 9.02. The first-order valence-corrected chi connectivity index (χ1v) is 11.1. The molecule has 1 heterocycles. The number of hydrogen-bond acceptors (Lipinski definition) is 5. The minimum Gasteiger partial charge on any atom is -0.508 e. The van der Waals surface area contributed by atoms with Crippen molar-refractivity contribution in [1.82, 2.24) is 4.90 Å². The quantitative estimate of drug-likeness (QED) is 0.561. The highest BCUT2D eigenvalue weighted by Crippen LogP contribution is 2.32. The molecule has 0 radical (unpaired) electrons. The van der Waals surface area contributed by atoms with E-state index in [-0.39, 0.29) is 17.7 Å². The van der Waals surface area contributed by atoms with Crippen LogP contribution in [0, 0.1) is 0 Å². The van der Waals surface area contributed by atoms with Gasteiger partial charge in [0.1, 0.15) is 11.4 Å². The molecule has 0 bridgehead atoms. The first-order chi connectivity index (χ1) is 15.7. The Hall–Kier alpha value is -3.74. The first kappa shape index (κ1) is 22.5. The SMILES string of the molecule is CC(C)(C)OC(=O)N1CCN(c2cc(O)ccc2NC(=O)c2cccc3ccccc23)CC1. The average molecular weight is 448 g/mol. The molecule has 3 aromatic rings. The van der Waals surface area contributed by atoms with E-state index in [0.717, 1.165) is 10.8 Å². The highest BCUT2D eigenvalue weighted by Gasteiger charge is 2.27. The van der Waals surface area contributed by atoms with Crippen molar-refractivity contribution < 1.29 is 19.4 Å². The summed E-state index contributed by atoms with van der Waals surface area (Å²) in [7, 11) is 0. The van der Waals surface area contributed by atoms with Crippen LogP contribution in [-0.2, 0) is 4.74 Å². The van der Waals surface area contributed by atoms with Crippen molar-refractivity contribution in [2.75, 3.05) is 36.4 Å². The molecule has 0 atom stereocenters. The minimum atomic E-state index is -0.543. The molecule has 4 rings (SSSR count). The van der Waals surface area contributed by atoms with Gasteiger partial charge < -0.3 is 25.0 Å². The van der Waals surface area contributed by atoms with E-state index in [9.17, 15) is 14.7 Å². The van der Waals surface area contributed by atoms with E-state index in [1.165, 1.54) is 0 Å². The summed E-state index contributed by atoms with van der Waals surface area (Å²) in [5.41, 5.74) is 1.36. The Morgan fingerprint density at radius 1 is 0.939 bits per heavy atom. The summed E-state index contributed by atoms with van der Waals surface area (Å²) in [5.74, 6) is -0.103. The van der Waals surface area contributed by atoms with E-state index in [1.54, 1.807) is 29.2 Å². The third-order valence-corrected chi connectivity index (χ3v) is 5.54. The zero-order valence-electron chi connectivity index (χ0n) is 19.2. The number of benzene rings is 3. The Morgan fingerprint density at radius 3 is 2.36 bits per heavy atom. The monoisotopic (exact) mass is 447 g/mol. The van der Waals surface area contributed by atoms with E-state index in [1.807, 2.05) is 57.2 Å². The molecule has 1 aliphatic rings. The Balaban J connectivity index is 1.52. The van der Waals surface area contributed by atoms with Gasteiger partial charge in [0.2, 0.25) is 0 Å². The molecule has 33 heavy (non-hydrogen) atoms. The Morgan fingerprint density at radius 2 is 1.64 bits per heavy atom. The number of carbonyl (C=O) groups excluding carboxylic acids is 2. The van der Waals surface area contributed by atoms with Gasteiger partial charge in [-0.2, -0.15) is 0 Å². The van der Waals surface area contributed by atoms with Crippen LogP contribution in [0.1, 0.15) is 31.1 Å². The van der Waals surface area contributed by atoms with E-state index >= 15 is 0 Å². The summed E-state index contributed by atoms with van der Waals surface area (Å²) < 4.78 is 5.47. The fourth-order valence-electron chi connectivity index (χ4n) is 3.96. The molecule has 0 saturated carbocycles. The molecule has 2 amide bonds. The van der Waals surface area contributed by atoms with Crippen LogP contribution in [0.15, 0.2) is 60.7 Å². The third kappa shape index (κ3) is 5.19. The molecule has 0 unspecified atom stereocenters. The molecule has 172 valence electrons. The average Bonchev–Trinajstić information content (AvgIpc) is 2.79. The van der Waals surface area contributed by atoms with Crippen molar-refractivity contribution in [3.05, 3.63) is 66.2 Å². The van der Waals surface area contributed by atoms with Crippen molar-refractivity contribution in [3.63, 3.8) is 0 Å². The van der Waals surface area contributed by atoms with Crippen LogP contribution in [0.25, 0.3) is 10.8 Å². The number of carbonyl (C=O) groups is 2. The lowest BCUT2D eigenvalue weighted by atomic mass is 10.0. The number of nitrogens with one attached hydrogen (secondary N) is 1. The lowest BCUT2D eigenvalue weighted by Crippen LogP contribution is -2.50. The number of nitrogens with zero attached hydrogens (tertiary/aromatic N) is 2. The first-order valence-electron chi connectivity index (χ1n) is 11.1. The number of phenols is 1. The minimum absolute atomic E-state index is 0.114. The number of amides is 2. The summed E-state index contributed by atoms with van der Waals surface area (Å²) in [6, 6.07) is 18.3. The van der Waals surface area contributed by atoms with Gasteiger partial charge in [-0.1, -0.05) is 36.4 Å². The van der Waals surface area contributed by atoms with Gasteiger partial charge in [-0.25, -0.2) is 4.79 Å². The van der Waals surface area contributed by atoms with E-state index in [0.29, 0.717) is 43.1 Å². The molecule has 0 aliphatic carbocycles.